The van der Waals surface area contributed by atoms with E-state index < -0.39 is 0 Å². The van der Waals surface area contributed by atoms with E-state index in [1.807, 2.05) is 13.0 Å². The van der Waals surface area contributed by atoms with Crippen LogP contribution >= 0.6 is 12.6 Å². The first kappa shape index (κ1) is 10.2. The fourth-order valence-corrected chi connectivity index (χ4v) is 1.61. The Labute approximate surface area is 93.2 Å². The smallest absolute Gasteiger partial charge is 0.282 e. The largest absolute Gasteiger partial charge is 0.454 e. The van der Waals surface area contributed by atoms with Gasteiger partial charge >= 0.3 is 0 Å². The van der Waals surface area contributed by atoms with E-state index in [1.165, 1.54) is 4.90 Å². The number of benzene rings is 1. The molecule has 1 aliphatic rings. The number of amides is 1. The minimum atomic E-state index is -0.308. The number of hydrogen-bond donors (Lipinski definition) is 1. The molecule has 0 bridgehead atoms. The van der Waals surface area contributed by atoms with E-state index in [-0.39, 0.29) is 12.0 Å². The van der Waals surface area contributed by atoms with E-state index >= 15 is 0 Å². The molecule has 0 saturated carbocycles. The molecule has 1 amide bonds. The maximum absolute atomic E-state index is 11.1. The number of anilines is 1. The van der Waals surface area contributed by atoms with Gasteiger partial charge in [-0.15, -0.1) is 0 Å². The lowest BCUT2D eigenvalue weighted by molar-refractivity contribution is 0.174. The van der Waals surface area contributed by atoms with Crippen LogP contribution in [0.4, 0.5) is 10.5 Å². The number of carbonyl (C=O) groups excluding carboxylic acids is 1. The Morgan fingerprint density at radius 3 is 2.60 bits per heavy atom. The van der Waals surface area contributed by atoms with Crippen LogP contribution in [0.5, 0.6) is 11.5 Å². The monoisotopic (exact) mass is 225 g/mol. The predicted molar refractivity (Wildman–Crippen MR) is 60.1 cm³/mol. The lowest BCUT2D eigenvalue weighted by Gasteiger charge is -2.17. The predicted octanol–water partition coefficient (Wildman–Crippen LogP) is 2.21. The first-order valence-electron chi connectivity index (χ1n) is 4.46. The third-order valence-corrected chi connectivity index (χ3v) is 2.64. The zero-order valence-electron chi connectivity index (χ0n) is 8.48. The molecule has 1 aromatic rings. The van der Waals surface area contributed by atoms with Crippen molar-refractivity contribution in [2.75, 3.05) is 18.7 Å². The molecule has 15 heavy (non-hydrogen) atoms. The maximum atomic E-state index is 11.1. The van der Waals surface area contributed by atoms with E-state index in [9.17, 15) is 4.79 Å². The highest BCUT2D eigenvalue weighted by Gasteiger charge is 2.18. The molecule has 5 heteroatoms. The normalized spacial score (nSPS) is 12.7. The summed E-state index contributed by atoms with van der Waals surface area (Å²) in [6.07, 6.45) is 0. The highest BCUT2D eigenvalue weighted by Crippen LogP contribution is 2.37. The Morgan fingerprint density at radius 1 is 1.40 bits per heavy atom. The molecule has 1 heterocycles. The van der Waals surface area contributed by atoms with Crippen molar-refractivity contribution in [3.05, 3.63) is 17.7 Å². The summed E-state index contributed by atoms with van der Waals surface area (Å²) in [5, 5.41) is -0.308. The second-order valence-electron chi connectivity index (χ2n) is 3.33. The fourth-order valence-electron chi connectivity index (χ4n) is 1.50. The van der Waals surface area contributed by atoms with Crippen LogP contribution in [0.3, 0.4) is 0 Å². The van der Waals surface area contributed by atoms with Gasteiger partial charge in [-0.25, -0.2) is 0 Å². The Hall–Kier alpha value is -1.36. The van der Waals surface area contributed by atoms with Gasteiger partial charge in [0.15, 0.2) is 11.5 Å². The molecule has 0 atom stereocenters. The third kappa shape index (κ3) is 1.74. The van der Waals surface area contributed by atoms with Gasteiger partial charge < -0.3 is 14.4 Å². The van der Waals surface area contributed by atoms with Crippen LogP contribution in [-0.4, -0.2) is 19.1 Å². The molecule has 0 aromatic heterocycles. The Kier molecular flexibility index (Phi) is 2.48. The number of nitrogens with zero attached hydrogens (tertiary/aromatic N) is 1. The third-order valence-electron chi connectivity index (χ3n) is 2.34. The van der Waals surface area contributed by atoms with Crippen LogP contribution in [0, 0.1) is 6.92 Å². The molecule has 0 fully saturated rings. The number of carbonyl (C=O) groups is 1. The van der Waals surface area contributed by atoms with Crippen LogP contribution in [0.25, 0.3) is 0 Å². The molecular weight excluding hydrogens is 214 g/mol. The van der Waals surface area contributed by atoms with Gasteiger partial charge in [-0.2, -0.15) is 0 Å². The highest BCUT2D eigenvalue weighted by molar-refractivity contribution is 7.96. The van der Waals surface area contributed by atoms with Crippen LogP contribution in [0.1, 0.15) is 5.56 Å². The number of hydrogen-bond acceptors (Lipinski definition) is 3. The maximum Gasteiger partial charge on any atom is 0.282 e. The SMILES string of the molecule is Cc1cc2c(cc1N(C)C(=O)S)OCO2. The van der Waals surface area contributed by atoms with Crippen molar-refractivity contribution in [1.29, 1.82) is 0 Å². The van der Waals surface area contributed by atoms with Gasteiger partial charge in [-0.1, -0.05) is 12.6 Å². The summed E-state index contributed by atoms with van der Waals surface area (Å²) in [7, 11) is 1.67. The van der Waals surface area contributed by atoms with Gasteiger partial charge in [0.2, 0.25) is 6.79 Å². The summed E-state index contributed by atoms with van der Waals surface area (Å²) in [6, 6.07) is 3.64. The Balaban J connectivity index is 2.44. The number of fused-ring (bicyclic) bond motifs is 1. The van der Waals surface area contributed by atoms with Crippen molar-refractivity contribution < 1.29 is 14.3 Å². The van der Waals surface area contributed by atoms with Crippen molar-refractivity contribution in [2.45, 2.75) is 6.92 Å². The lowest BCUT2D eigenvalue weighted by atomic mass is 10.1. The molecule has 1 aliphatic heterocycles. The van der Waals surface area contributed by atoms with E-state index in [0.29, 0.717) is 5.75 Å². The molecule has 0 N–H and O–H groups in total. The molecule has 4 nitrogen and oxygen atoms in total. The standard InChI is InChI=1S/C10H11NO3S/c1-6-3-8-9(14-5-13-8)4-7(6)11(2)10(12)15/h3-4H,5H2,1-2H3,(H,12,15). The van der Waals surface area contributed by atoms with E-state index in [1.54, 1.807) is 13.1 Å². The number of thiol groups is 1. The fraction of sp³-hybridized carbons (Fsp3) is 0.300. The van der Waals surface area contributed by atoms with Gasteiger partial charge in [-0.05, 0) is 18.6 Å². The molecule has 0 aliphatic carbocycles. The minimum Gasteiger partial charge on any atom is -0.454 e. The first-order chi connectivity index (χ1) is 7.09. The Bertz CT molecular complexity index is 419. The number of ether oxygens (including phenoxy) is 2. The van der Waals surface area contributed by atoms with Gasteiger partial charge in [0, 0.05) is 13.1 Å². The molecule has 0 unspecified atom stereocenters. The van der Waals surface area contributed by atoms with Crippen molar-refractivity contribution >= 4 is 23.6 Å². The Morgan fingerprint density at radius 2 is 2.00 bits per heavy atom. The van der Waals surface area contributed by atoms with Gasteiger partial charge in [-0.3, -0.25) is 4.79 Å². The lowest BCUT2D eigenvalue weighted by Crippen LogP contribution is -2.20. The summed E-state index contributed by atoms with van der Waals surface area (Å²) >= 11 is 3.77. The van der Waals surface area contributed by atoms with Crippen molar-refractivity contribution in [3.63, 3.8) is 0 Å². The minimum absolute atomic E-state index is 0.233. The van der Waals surface area contributed by atoms with Crippen molar-refractivity contribution in [3.8, 4) is 11.5 Å². The zero-order chi connectivity index (χ0) is 11.0. The van der Waals surface area contributed by atoms with Crippen LogP contribution in [-0.2, 0) is 0 Å². The van der Waals surface area contributed by atoms with Gasteiger partial charge in [0.25, 0.3) is 5.24 Å². The summed E-state index contributed by atoms with van der Waals surface area (Å²) in [4.78, 5) is 12.6. The number of aryl methyl sites for hydroxylation is 1. The van der Waals surface area contributed by atoms with Crippen molar-refractivity contribution in [2.24, 2.45) is 0 Å². The number of rotatable bonds is 1. The highest BCUT2D eigenvalue weighted by atomic mass is 32.1. The summed E-state index contributed by atoms with van der Waals surface area (Å²) < 4.78 is 10.5. The molecule has 1 aromatic carbocycles. The second-order valence-corrected chi connectivity index (χ2v) is 3.72. The average Bonchev–Trinajstić information content (AvgIpc) is 2.62. The summed E-state index contributed by atoms with van der Waals surface area (Å²) in [6.45, 7) is 2.14. The quantitative estimate of drug-likeness (QED) is 0.745. The van der Waals surface area contributed by atoms with E-state index in [4.69, 9.17) is 9.47 Å². The summed E-state index contributed by atoms with van der Waals surface area (Å²) in [5.41, 5.74) is 1.73. The topological polar surface area (TPSA) is 38.8 Å². The van der Waals surface area contributed by atoms with Crippen LogP contribution < -0.4 is 14.4 Å². The summed E-state index contributed by atoms with van der Waals surface area (Å²) in [5.74, 6) is 1.38. The molecule has 0 saturated heterocycles. The zero-order valence-corrected chi connectivity index (χ0v) is 9.38. The van der Waals surface area contributed by atoms with Gasteiger partial charge in [0.05, 0.1) is 5.69 Å². The van der Waals surface area contributed by atoms with Crippen molar-refractivity contribution in [1.82, 2.24) is 0 Å². The molecular formula is C10H11NO3S. The van der Waals surface area contributed by atoms with Gasteiger partial charge in [0.1, 0.15) is 0 Å². The molecule has 0 radical (unpaired) electrons. The molecule has 2 rings (SSSR count). The average molecular weight is 225 g/mol. The second kappa shape index (κ2) is 3.66. The van der Waals surface area contributed by atoms with Crippen LogP contribution in [0.15, 0.2) is 12.1 Å². The van der Waals surface area contributed by atoms with E-state index in [2.05, 4.69) is 12.6 Å². The molecule has 0 spiro atoms. The first-order valence-corrected chi connectivity index (χ1v) is 4.91. The van der Waals surface area contributed by atoms with Crippen LogP contribution in [0.2, 0.25) is 0 Å². The molecule has 80 valence electrons. The van der Waals surface area contributed by atoms with E-state index in [0.717, 1.165) is 17.0 Å².